The van der Waals surface area contributed by atoms with Crippen molar-refractivity contribution in [3.8, 4) is 0 Å². The van der Waals surface area contributed by atoms with Crippen LogP contribution in [0.15, 0.2) is 70.6 Å². The molecule has 132 valence electrons. The van der Waals surface area contributed by atoms with Gasteiger partial charge in [-0.15, -0.1) is 0 Å². The number of hydrogen-bond donors (Lipinski definition) is 0. The number of aliphatic imine (C=N–C) groups is 2. The number of para-hydroxylation sites is 2. The SMILES string of the molecule is CC(=Nc1ccccc1F)c1ccc(C(C)=Nc2ccccc2F)n1C. The molecule has 2 aromatic carbocycles. The van der Waals surface area contributed by atoms with E-state index in [1.54, 1.807) is 36.4 Å². The minimum atomic E-state index is -0.362. The average Bonchev–Trinajstić information content (AvgIpc) is 3.00. The summed E-state index contributed by atoms with van der Waals surface area (Å²) in [5.41, 5.74) is 3.64. The largest absolute Gasteiger partial charge is 0.342 e. The normalized spacial score (nSPS) is 12.5. The second kappa shape index (κ2) is 7.44. The Morgan fingerprint density at radius 3 is 1.46 bits per heavy atom. The molecule has 0 aliphatic heterocycles. The summed E-state index contributed by atoms with van der Waals surface area (Å²) in [5.74, 6) is -0.725. The third-order valence-electron chi connectivity index (χ3n) is 4.14. The fraction of sp³-hybridized carbons (Fsp3) is 0.143. The highest BCUT2D eigenvalue weighted by Crippen LogP contribution is 2.21. The molecular formula is C21H19F2N3. The van der Waals surface area contributed by atoms with Crippen molar-refractivity contribution in [1.29, 1.82) is 0 Å². The van der Waals surface area contributed by atoms with Crippen LogP contribution in [0.25, 0.3) is 0 Å². The van der Waals surface area contributed by atoms with Crippen molar-refractivity contribution in [3.63, 3.8) is 0 Å². The number of aromatic nitrogens is 1. The Kier molecular flexibility index (Phi) is 5.07. The minimum Gasteiger partial charge on any atom is -0.342 e. The maximum atomic E-state index is 13.8. The van der Waals surface area contributed by atoms with Crippen LogP contribution in [0.4, 0.5) is 20.2 Å². The quantitative estimate of drug-likeness (QED) is 0.549. The fourth-order valence-corrected chi connectivity index (χ4v) is 2.80. The van der Waals surface area contributed by atoms with Gasteiger partial charge in [-0.1, -0.05) is 24.3 Å². The molecule has 0 aliphatic carbocycles. The van der Waals surface area contributed by atoms with Gasteiger partial charge < -0.3 is 4.57 Å². The molecule has 1 heterocycles. The minimum absolute atomic E-state index is 0.296. The smallest absolute Gasteiger partial charge is 0.148 e. The van der Waals surface area contributed by atoms with Crippen LogP contribution < -0.4 is 0 Å². The fourth-order valence-electron chi connectivity index (χ4n) is 2.80. The highest BCUT2D eigenvalue weighted by molar-refractivity contribution is 6.03. The predicted octanol–water partition coefficient (Wildman–Crippen LogP) is 5.58. The van der Waals surface area contributed by atoms with Crippen molar-refractivity contribution in [2.75, 3.05) is 0 Å². The van der Waals surface area contributed by atoms with Crippen LogP contribution in [0.2, 0.25) is 0 Å². The Labute approximate surface area is 151 Å². The van der Waals surface area contributed by atoms with Gasteiger partial charge >= 0.3 is 0 Å². The van der Waals surface area contributed by atoms with Crippen molar-refractivity contribution in [2.24, 2.45) is 17.0 Å². The first kappa shape index (κ1) is 17.7. The molecule has 3 nitrogen and oxygen atoms in total. The van der Waals surface area contributed by atoms with E-state index >= 15 is 0 Å². The lowest BCUT2D eigenvalue weighted by Crippen LogP contribution is -2.09. The van der Waals surface area contributed by atoms with Crippen LogP contribution in [0.5, 0.6) is 0 Å². The molecule has 5 heteroatoms. The topological polar surface area (TPSA) is 29.6 Å². The van der Waals surface area contributed by atoms with Crippen LogP contribution in [0, 0.1) is 11.6 Å². The lowest BCUT2D eigenvalue weighted by Gasteiger charge is -2.08. The van der Waals surface area contributed by atoms with E-state index in [-0.39, 0.29) is 11.6 Å². The second-order valence-electron chi connectivity index (χ2n) is 5.96. The van der Waals surface area contributed by atoms with Gasteiger partial charge in [-0.2, -0.15) is 0 Å². The number of hydrogen-bond acceptors (Lipinski definition) is 2. The van der Waals surface area contributed by atoms with Gasteiger partial charge in [-0.25, -0.2) is 18.8 Å². The van der Waals surface area contributed by atoms with Gasteiger partial charge in [0.25, 0.3) is 0 Å². The third kappa shape index (κ3) is 3.61. The summed E-state index contributed by atoms with van der Waals surface area (Å²) in [7, 11) is 1.88. The molecule has 3 rings (SSSR count). The van der Waals surface area contributed by atoms with Crippen LogP contribution >= 0.6 is 0 Å². The zero-order valence-corrected chi connectivity index (χ0v) is 14.9. The zero-order valence-electron chi connectivity index (χ0n) is 14.9. The lowest BCUT2D eigenvalue weighted by molar-refractivity contribution is 0.629. The highest BCUT2D eigenvalue weighted by atomic mass is 19.1. The molecule has 0 atom stereocenters. The van der Waals surface area contributed by atoms with Crippen LogP contribution in [-0.4, -0.2) is 16.0 Å². The molecule has 0 bridgehead atoms. The summed E-state index contributed by atoms with van der Waals surface area (Å²) >= 11 is 0. The summed E-state index contributed by atoms with van der Waals surface area (Å²) in [5, 5.41) is 0. The molecular weight excluding hydrogens is 332 g/mol. The summed E-state index contributed by atoms with van der Waals surface area (Å²) in [6.07, 6.45) is 0. The van der Waals surface area contributed by atoms with Gasteiger partial charge in [0, 0.05) is 7.05 Å². The highest BCUT2D eigenvalue weighted by Gasteiger charge is 2.11. The molecule has 0 unspecified atom stereocenters. The molecule has 0 amide bonds. The van der Waals surface area contributed by atoms with Gasteiger partial charge in [0.05, 0.1) is 34.2 Å². The summed E-state index contributed by atoms with van der Waals surface area (Å²) in [6.45, 7) is 3.66. The summed E-state index contributed by atoms with van der Waals surface area (Å²) in [4.78, 5) is 8.76. The maximum Gasteiger partial charge on any atom is 0.148 e. The van der Waals surface area contributed by atoms with Crippen molar-refractivity contribution >= 4 is 22.8 Å². The summed E-state index contributed by atoms with van der Waals surface area (Å²) < 4.78 is 29.5. The Bertz CT molecular complexity index is 921. The van der Waals surface area contributed by atoms with E-state index in [4.69, 9.17) is 0 Å². The standard InChI is InChI=1S/C21H19F2N3/c1-14(24-18-10-6-4-8-16(18)22)20-12-13-21(26(20)3)15(2)25-19-11-7-5-9-17(19)23/h4-13H,1-3H3. The molecule has 1 aromatic heterocycles. The molecule has 3 aromatic rings. The first-order valence-corrected chi connectivity index (χ1v) is 8.23. The Hall–Kier alpha value is -3.08. The molecule has 26 heavy (non-hydrogen) atoms. The first-order chi connectivity index (χ1) is 12.5. The van der Waals surface area contributed by atoms with Gasteiger partial charge in [0.2, 0.25) is 0 Å². The number of nitrogens with zero attached hydrogens (tertiary/aromatic N) is 3. The van der Waals surface area contributed by atoms with E-state index in [0.29, 0.717) is 22.8 Å². The molecule has 0 saturated carbocycles. The molecule has 0 fully saturated rings. The van der Waals surface area contributed by atoms with Crippen molar-refractivity contribution < 1.29 is 8.78 Å². The van der Waals surface area contributed by atoms with Crippen molar-refractivity contribution in [3.05, 3.63) is 83.7 Å². The Morgan fingerprint density at radius 2 is 1.08 bits per heavy atom. The lowest BCUT2D eigenvalue weighted by atomic mass is 10.2. The number of halogens is 2. The van der Waals surface area contributed by atoms with Crippen LogP contribution in [0.3, 0.4) is 0 Å². The maximum absolute atomic E-state index is 13.8. The van der Waals surface area contributed by atoms with Gasteiger partial charge in [0.15, 0.2) is 0 Å². The molecule has 0 N–H and O–H groups in total. The molecule has 0 radical (unpaired) electrons. The van der Waals surface area contributed by atoms with Gasteiger partial charge in [-0.3, -0.25) is 0 Å². The van der Waals surface area contributed by atoms with E-state index in [2.05, 4.69) is 9.98 Å². The molecule has 0 saturated heterocycles. The summed E-state index contributed by atoms with van der Waals surface area (Å²) in [6, 6.07) is 16.6. The Balaban J connectivity index is 1.95. The third-order valence-corrected chi connectivity index (χ3v) is 4.14. The number of benzene rings is 2. The first-order valence-electron chi connectivity index (χ1n) is 8.23. The van der Waals surface area contributed by atoms with Crippen LogP contribution in [-0.2, 0) is 7.05 Å². The van der Waals surface area contributed by atoms with E-state index in [0.717, 1.165) is 11.4 Å². The zero-order chi connectivity index (χ0) is 18.7. The molecule has 0 spiro atoms. The number of rotatable bonds is 4. The average molecular weight is 351 g/mol. The predicted molar refractivity (Wildman–Crippen MR) is 102 cm³/mol. The van der Waals surface area contributed by atoms with E-state index in [1.807, 2.05) is 37.6 Å². The van der Waals surface area contributed by atoms with E-state index in [9.17, 15) is 8.78 Å². The molecule has 0 aliphatic rings. The van der Waals surface area contributed by atoms with Gasteiger partial charge in [0.1, 0.15) is 11.6 Å². The monoisotopic (exact) mass is 351 g/mol. The van der Waals surface area contributed by atoms with E-state index < -0.39 is 0 Å². The second-order valence-corrected chi connectivity index (χ2v) is 5.96. The van der Waals surface area contributed by atoms with E-state index in [1.165, 1.54) is 12.1 Å². The van der Waals surface area contributed by atoms with Crippen LogP contribution in [0.1, 0.15) is 25.2 Å². The van der Waals surface area contributed by atoms with Crippen molar-refractivity contribution in [1.82, 2.24) is 4.57 Å². The van der Waals surface area contributed by atoms with Crippen molar-refractivity contribution in [2.45, 2.75) is 13.8 Å². The Morgan fingerprint density at radius 1 is 0.692 bits per heavy atom. The van der Waals surface area contributed by atoms with Gasteiger partial charge in [-0.05, 0) is 50.2 Å².